The highest BCUT2D eigenvalue weighted by atomic mass is 14.6. The average molecular weight is 185 g/mol. The fourth-order valence-corrected chi connectivity index (χ4v) is 1.59. The molecule has 13 heavy (non-hydrogen) atoms. The van der Waals surface area contributed by atoms with E-state index in [9.17, 15) is 0 Å². The first-order valence-corrected chi connectivity index (χ1v) is 5.81. The van der Waals surface area contributed by atoms with Crippen molar-refractivity contribution < 1.29 is 0 Å². The lowest BCUT2D eigenvalue weighted by atomic mass is 9.95. The van der Waals surface area contributed by atoms with Gasteiger partial charge in [-0.2, -0.15) is 0 Å². The molecular formula is C12H27N. The fraction of sp³-hybridized carbons (Fsp3) is 1.00. The van der Waals surface area contributed by atoms with E-state index in [1.807, 2.05) is 0 Å². The summed E-state index contributed by atoms with van der Waals surface area (Å²) in [5, 5.41) is 0. The van der Waals surface area contributed by atoms with Crippen LogP contribution >= 0.6 is 0 Å². The maximum atomic E-state index is 6.04. The van der Waals surface area contributed by atoms with Crippen LogP contribution in [-0.4, -0.2) is 6.04 Å². The molecule has 0 radical (unpaired) electrons. The quantitative estimate of drug-likeness (QED) is 0.644. The lowest BCUT2D eigenvalue weighted by molar-refractivity contribution is 0.413. The average Bonchev–Trinajstić information content (AvgIpc) is 2.03. The van der Waals surface area contributed by atoms with Gasteiger partial charge in [-0.15, -0.1) is 0 Å². The van der Waals surface area contributed by atoms with E-state index in [1.165, 1.54) is 32.1 Å². The van der Waals surface area contributed by atoms with Crippen molar-refractivity contribution in [3.8, 4) is 0 Å². The second-order valence-electron chi connectivity index (χ2n) is 4.83. The molecule has 0 aliphatic heterocycles. The third-order valence-electron chi connectivity index (χ3n) is 2.76. The lowest BCUT2D eigenvalue weighted by Crippen LogP contribution is -2.22. The molecule has 0 saturated heterocycles. The summed E-state index contributed by atoms with van der Waals surface area (Å²) in [6.07, 6.45) is 6.30. The Morgan fingerprint density at radius 2 is 1.69 bits per heavy atom. The molecule has 0 heterocycles. The fourth-order valence-electron chi connectivity index (χ4n) is 1.59. The minimum Gasteiger partial charge on any atom is -0.328 e. The molecule has 0 fully saturated rings. The first-order chi connectivity index (χ1) is 6.06. The normalized spacial score (nSPS) is 16.2. The predicted molar refractivity (Wildman–Crippen MR) is 60.7 cm³/mol. The molecule has 0 aliphatic rings. The number of hydrogen-bond acceptors (Lipinski definition) is 1. The molecule has 2 N–H and O–H groups in total. The van der Waals surface area contributed by atoms with Crippen LogP contribution in [0.3, 0.4) is 0 Å². The summed E-state index contributed by atoms with van der Waals surface area (Å²) in [5.41, 5.74) is 6.04. The second-order valence-corrected chi connectivity index (χ2v) is 4.83. The highest BCUT2D eigenvalue weighted by Gasteiger charge is 2.07. The van der Waals surface area contributed by atoms with E-state index in [0.717, 1.165) is 11.8 Å². The molecule has 2 atom stereocenters. The Bertz CT molecular complexity index is 110. The maximum Gasteiger partial charge on any atom is 0.00413 e. The molecule has 0 rings (SSSR count). The van der Waals surface area contributed by atoms with Gasteiger partial charge in [0, 0.05) is 6.04 Å². The summed E-state index contributed by atoms with van der Waals surface area (Å²) in [7, 11) is 0. The van der Waals surface area contributed by atoms with Gasteiger partial charge in [0.2, 0.25) is 0 Å². The molecule has 0 aromatic carbocycles. The van der Waals surface area contributed by atoms with Crippen LogP contribution in [0.1, 0.15) is 59.8 Å². The van der Waals surface area contributed by atoms with Gasteiger partial charge in [-0.3, -0.25) is 0 Å². The summed E-state index contributed by atoms with van der Waals surface area (Å²) in [4.78, 5) is 0. The van der Waals surface area contributed by atoms with Gasteiger partial charge < -0.3 is 5.73 Å². The lowest BCUT2D eigenvalue weighted by Gasteiger charge is -2.16. The van der Waals surface area contributed by atoms with Gasteiger partial charge in [0.1, 0.15) is 0 Å². The smallest absolute Gasteiger partial charge is 0.00413 e. The van der Waals surface area contributed by atoms with Crippen LogP contribution in [0.5, 0.6) is 0 Å². The summed E-state index contributed by atoms with van der Waals surface area (Å²) < 4.78 is 0. The van der Waals surface area contributed by atoms with Crippen molar-refractivity contribution in [1.82, 2.24) is 0 Å². The molecule has 2 unspecified atom stereocenters. The van der Waals surface area contributed by atoms with Gasteiger partial charge in [0.25, 0.3) is 0 Å². The Labute approximate surface area is 84.1 Å². The minimum absolute atomic E-state index is 0.439. The molecule has 80 valence electrons. The summed E-state index contributed by atoms with van der Waals surface area (Å²) in [5.74, 6) is 1.63. The molecule has 0 bridgehead atoms. The largest absolute Gasteiger partial charge is 0.328 e. The van der Waals surface area contributed by atoms with Gasteiger partial charge in [-0.1, -0.05) is 47.0 Å². The Hall–Kier alpha value is -0.0400. The summed E-state index contributed by atoms with van der Waals surface area (Å²) in [6.45, 7) is 9.09. The SMILES string of the molecule is CCC(C)CC(N)CCCC(C)C. The molecule has 1 nitrogen and oxygen atoms in total. The molecule has 0 aliphatic carbocycles. The van der Waals surface area contributed by atoms with Crippen molar-refractivity contribution in [3.05, 3.63) is 0 Å². The van der Waals surface area contributed by atoms with Crippen molar-refractivity contribution >= 4 is 0 Å². The molecule has 1 heteroatoms. The Morgan fingerprint density at radius 1 is 1.08 bits per heavy atom. The van der Waals surface area contributed by atoms with Crippen molar-refractivity contribution in [3.63, 3.8) is 0 Å². The topological polar surface area (TPSA) is 26.0 Å². The van der Waals surface area contributed by atoms with E-state index in [1.54, 1.807) is 0 Å². The maximum absolute atomic E-state index is 6.04. The zero-order chi connectivity index (χ0) is 10.3. The van der Waals surface area contributed by atoms with Crippen molar-refractivity contribution in [1.29, 1.82) is 0 Å². The van der Waals surface area contributed by atoms with Crippen molar-refractivity contribution in [2.24, 2.45) is 17.6 Å². The highest BCUT2D eigenvalue weighted by Crippen LogP contribution is 2.14. The monoisotopic (exact) mass is 185 g/mol. The first kappa shape index (κ1) is 13.0. The molecule has 0 aromatic rings. The van der Waals surface area contributed by atoms with Crippen LogP contribution in [0.4, 0.5) is 0 Å². The predicted octanol–water partition coefficient (Wildman–Crippen LogP) is 3.58. The molecule has 0 saturated carbocycles. The van der Waals surface area contributed by atoms with Crippen molar-refractivity contribution in [2.45, 2.75) is 65.8 Å². The molecule has 0 spiro atoms. The molecule has 0 aromatic heterocycles. The number of rotatable bonds is 7. The van der Waals surface area contributed by atoms with E-state index < -0.39 is 0 Å². The summed E-state index contributed by atoms with van der Waals surface area (Å²) >= 11 is 0. The minimum atomic E-state index is 0.439. The van der Waals surface area contributed by atoms with E-state index in [-0.39, 0.29) is 0 Å². The zero-order valence-corrected chi connectivity index (χ0v) is 9.84. The van der Waals surface area contributed by atoms with E-state index in [2.05, 4.69) is 27.7 Å². The van der Waals surface area contributed by atoms with E-state index in [0.29, 0.717) is 6.04 Å². The molecule has 0 amide bonds. The second kappa shape index (κ2) is 7.37. The Morgan fingerprint density at radius 3 is 2.15 bits per heavy atom. The van der Waals surface area contributed by atoms with E-state index in [4.69, 9.17) is 5.73 Å². The van der Waals surface area contributed by atoms with Gasteiger partial charge in [0.05, 0.1) is 0 Å². The van der Waals surface area contributed by atoms with Crippen LogP contribution in [0, 0.1) is 11.8 Å². The third kappa shape index (κ3) is 8.29. The van der Waals surface area contributed by atoms with Crippen LogP contribution in [0.15, 0.2) is 0 Å². The van der Waals surface area contributed by atoms with Crippen LogP contribution < -0.4 is 5.73 Å². The summed E-state index contributed by atoms with van der Waals surface area (Å²) in [6, 6.07) is 0.439. The number of hydrogen-bond donors (Lipinski definition) is 1. The van der Waals surface area contributed by atoms with Gasteiger partial charge in [0.15, 0.2) is 0 Å². The van der Waals surface area contributed by atoms with Crippen LogP contribution in [0.2, 0.25) is 0 Å². The van der Waals surface area contributed by atoms with E-state index >= 15 is 0 Å². The van der Waals surface area contributed by atoms with Crippen molar-refractivity contribution in [2.75, 3.05) is 0 Å². The zero-order valence-electron chi connectivity index (χ0n) is 9.84. The standard InChI is InChI=1S/C12H27N/c1-5-11(4)9-12(13)8-6-7-10(2)3/h10-12H,5-9,13H2,1-4H3. The van der Waals surface area contributed by atoms with Gasteiger partial charge in [-0.05, 0) is 24.7 Å². The van der Waals surface area contributed by atoms with Crippen LogP contribution in [0.25, 0.3) is 0 Å². The van der Waals surface area contributed by atoms with Crippen LogP contribution in [-0.2, 0) is 0 Å². The number of nitrogens with two attached hydrogens (primary N) is 1. The molecular weight excluding hydrogens is 158 g/mol. The first-order valence-electron chi connectivity index (χ1n) is 5.81. The van der Waals surface area contributed by atoms with Gasteiger partial charge >= 0.3 is 0 Å². The Balaban J connectivity index is 3.34. The Kier molecular flexibility index (Phi) is 7.35. The van der Waals surface area contributed by atoms with Gasteiger partial charge in [-0.25, -0.2) is 0 Å². The third-order valence-corrected chi connectivity index (χ3v) is 2.76. The highest BCUT2D eigenvalue weighted by molar-refractivity contribution is 4.65.